The highest BCUT2D eigenvalue weighted by Crippen LogP contribution is 2.25. The minimum atomic E-state index is -0.170. The smallest absolute Gasteiger partial charge is 0.256 e. The Morgan fingerprint density at radius 2 is 2.16 bits per heavy atom. The number of amides is 1. The number of hydrogen-bond donors (Lipinski definition) is 2. The van der Waals surface area contributed by atoms with Crippen molar-refractivity contribution in [2.24, 2.45) is 0 Å². The second-order valence-electron chi connectivity index (χ2n) is 5.42. The zero-order valence-corrected chi connectivity index (χ0v) is 16.6. The summed E-state index contributed by atoms with van der Waals surface area (Å²) in [6.45, 7) is 1.63. The van der Waals surface area contributed by atoms with Crippen molar-refractivity contribution in [3.8, 4) is 11.6 Å². The molecule has 1 aliphatic heterocycles. The summed E-state index contributed by atoms with van der Waals surface area (Å²) < 4.78 is 6.67. The molecule has 2 heterocycles. The van der Waals surface area contributed by atoms with Crippen LogP contribution in [0, 0.1) is 0 Å². The first-order chi connectivity index (χ1) is 11.2. The van der Waals surface area contributed by atoms with Gasteiger partial charge in [-0.2, -0.15) is 0 Å². The van der Waals surface area contributed by atoms with Crippen LogP contribution in [0.15, 0.2) is 47.1 Å². The van der Waals surface area contributed by atoms with Gasteiger partial charge in [-0.05, 0) is 49.7 Å². The fourth-order valence-electron chi connectivity index (χ4n) is 2.53. The van der Waals surface area contributed by atoms with Gasteiger partial charge >= 0.3 is 0 Å². The number of nitrogens with zero attached hydrogens (tertiary/aromatic N) is 1. The molecule has 8 heteroatoms. The van der Waals surface area contributed by atoms with Crippen LogP contribution in [0.3, 0.4) is 0 Å². The van der Waals surface area contributed by atoms with Gasteiger partial charge in [0.05, 0.1) is 0 Å². The third-order valence-corrected chi connectivity index (χ3v) is 4.19. The van der Waals surface area contributed by atoms with E-state index in [4.69, 9.17) is 4.74 Å². The highest BCUT2D eigenvalue weighted by Gasteiger charge is 2.18. The van der Waals surface area contributed by atoms with E-state index in [-0.39, 0.29) is 30.7 Å². The van der Waals surface area contributed by atoms with Gasteiger partial charge in [0.2, 0.25) is 5.88 Å². The van der Waals surface area contributed by atoms with Crippen LogP contribution in [0.5, 0.6) is 11.6 Å². The topological polar surface area (TPSA) is 63.2 Å². The van der Waals surface area contributed by atoms with Crippen LogP contribution < -0.4 is 15.4 Å². The zero-order chi connectivity index (χ0) is 16.1. The van der Waals surface area contributed by atoms with Gasteiger partial charge in [-0.3, -0.25) is 4.79 Å². The largest absolute Gasteiger partial charge is 0.438 e. The Balaban J connectivity index is 0.00000156. The number of pyridine rings is 1. The van der Waals surface area contributed by atoms with Gasteiger partial charge in [-0.1, -0.05) is 22.0 Å². The highest BCUT2D eigenvalue weighted by molar-refractivity contribution is 9.10. The molecule has 2 aromatic rings. The van der Waals surface area contributed by atoms with E-state index in [1.807, 2.05) is 24.3 Å². The summed E-state index contributed by atoms with van der Waals surface area (Å²) in [4.78, 5) is 16.6. The molecule has 5 nitrogen and oxygen atoms in total. The molecule has 136 valence electrons. The summed E-state index contributed by atoms with van der Waals surface area (Å²) in [6, 6.07) is 11.2. The van der Waals surface area contributed by atoms with E-state index in [2.05, 4.69) is 31.5 Å². The normalized spacial score (nSPS) is 15.6. The van der Waals surface area contributed by atoms with Crippen molar-refractivity contribution in [1.29, 1.82) is 0 Å². The van der Waals surface area contributed by atoms with E-state index in [0.29, 0.717) is 29.8 Å². The quantitative estimate of drug-likeness (QED) is 0.726. The maximum absolute atomic E-state index is 12.4. The van der Waals surface area contributed by atoms with Crippen LogP contribution >= 0.6 is 40.7 Å². The second kappa shape index (κ2) is 10.6. The lowest BCUT2D eigenvalue weighted by Gasteiger charge is -2.13. The molecule has 25 heavy (non-hydrogen) atoms. The van der Waals surface area contributed by atoms with Gasteiger partial charge in [0.25, 0.3) is 5.91 Å². The van der Waals surface area contributed by atoms with Gasteiger partial charge in [-0.25, -0.2) is 4.98 Å². The van der Waals surface area contributed by atoms with Crippen LogP contribution in [0.25, 0.3) is 0 Å². The molecule has 0 bridgehead atoms. The molecule has 1 aliphatic rings. The van der Waals surface area contributed by atoms with Crippen molar-refractivity contribution < 1.29 is 9.53 Å². The van der Waals surface area contributed by atoms with Gasteiger partial charge in [0, 0.05) is 23.3 Å². The Morgan fingerprint density at radius 1 is 1.32 bits per heavy atom. The van der Waals surface area contributed by atoms with Crippen molar-refractivity contribution >= 4 is 46.7 Å². The average molecular weight is 449 g/mol. The molecule has 1 fully saturated rings. The number of ether oxygens (including phenoxy) is 1. The minimum absolute atomic E-state index is 0. The number of halogens is 3. The molecule has 1 unspecified atom stereocenters. The van der Waals surface area contributed by atoms with E-state index in [0.717, 1.165) is 23.9 Å². The van der Waals surface area contributed by atoms with Gasteiger partial charge < -0.3 is 15.4 Å². The van der Waals surface area contributed by atoms with Crippen molar-refractivity contribution in [2.45, 2.75) is 18.9 Å². The van der Waals surface area contributed by atoms with Crippen LogP contribution in [0.2, 0.25) is 0 Å². The molecule has 1 aromatic carbocycles. The van der Waals surface area contributed by atoms with E-state index in [9.17, 15) is 4.79 Å². The van der Waals surface area contributed by atoms with Crippen molar-refractivity contribution in [3.63, 3.8) is 0 Å². The van der Waals surface area contributed by atoms with E-state index < -0.39 is 0 Å². The fourth-order valence-corrected chi connectivity index (χ4v) is 2.91. The minimum Gasteiger partial charge on any atom is -0.438 e. The molecule has 0 saturated carbocycles. The molecule has 0 radical (unpaired) electrons. The summed E-state index contributed by atoms with van der Waals surface area (Å²) in [6.07, 6.45) is 3.86. The first-order valence-electron chi connectivity index (χ1n) is 7.62. The Kier molecular flexibility index (Phi) is 9.21. The molecule has 1 saturated heterocycles. The molecule has 0 aliphatic carbocycles. The first kappa shape index (κ1) is 21.7. The molecule has 1 atom stereocenters. The standard InChI is InChI=1S/C17H18BrN3O2.2ClH/c18-12-4-1-6-14(10-12)23-17-15(7-3-9-20-17)16(22)21-11-13-5-2-8-19-13;;/h1,3-4,6-7,9-10,13,19H,2,5,8,11H2,(H,21,22);2*1H. The molecule has 1 amide bonds. The third kappa shape index (κ3) is 6.15. The second-order valence-corrected chi connectivity index (χ2v) is 6.33. The van der Waals surface area contributed by atoms with Crippen LogP contribution in [-0.2, 0) is 0 Å². The summed E-state index contributed by atoms with van der Waals surface area (Å²) in [5.74, 6) is 0.767. The number of carbonyl (C=O) groups is 1. The molecule has 2 N–H and O–H groups in total. The maximum atomic E-state index is 12.4. The Morgan fingerprint density at radius 3 is 2.88 bits per heavy atom. The molecular formula is C17H20BrCl2N3O2. The predicted octanol–water partition coefficient (Wildman–Crippen LogP) is 3.96. The van der Waals surface area contributed by atoms with E-state index in [1.54, 1.807) is 18.3 Å². The van der Waals surface area contributed by atoms with Gasteiger partial charge in [-0.15, -0.1) is 24.8 Å². The molecule has 1 aromatic heterocycles. The Hall–Kier alpha value is -1.34. The van der Waals surface area contributed by atoms with Gasteiger partial charge in [0.1, 0.15) is 11.3 Å². The van der Waals surface area contributed by atoms with Crippen LogP contribution in [0.4, 0.5) is 0 Å². The molecule has 3 rings (SSSR count). The lowest BCUT2D eigenvalue weighted by Crippen LogP contribution is -2.37. The number of aromatic nitrogens is 1. The maximum Gasteiger partial charge on any atom is 0.256 e. The van der Waals surface area contributed by atoms with Crippen LogP contribution in [-0.4, -0.2) is 30.0 Å². The fraction of sp³-hybridized carbons (Fsp3) is 0.294. The SMILES string of the molecule is Cl.Cl.O=C(NCC1CCCN1)c1cccnc1Oc1cccc(Br)c1. The average Bonchev–Trinajstić information content (AvgIpc) is 3.07. The molecular weight excluding hydrogens is 429 g/mol. The third-order valence-electron chi connectivity index (χ3n) is 3.70. The van der Waals surface area contributed by atoms with Crippen molar-refractivity contribution in [3.05, 3.63) is 52.6 Å². The Bertz CT molecular complexity index is 697. The summed E-state index contributed by atoms with van der Waals surface area (Å²) in [7, 11) is 0. The number of rotatable bonds is 5. The lowest BCUT2D eigenvalue weighted by atomic mass is 10.2. The number of nitrogens with one attached hydrogen (secondary N) is 2. The predicted molar refractivity (Wildman–Crippen MR) is 106 cm³/mol. The van der Waals surface area contributed by atoms with E-state index >= 15 is 0 Å². The van der Waals surface area contributed by atoms with Crippen molar-refractivity contribution in [1.82, 2.24) is 15.6 Å². The summed E-state index contributed by atoms with van der Waals surface area (Å²) >= 11 is 3.40. The summed E-state index contributed by atoms with van der Waals surface area (Å²) in [5.41, 5.74) is 0.436. The molecule has 0 spiro atoms. The number of carbonyl (C=O) groups excluding carboxylic acids is 1. The monoisotopic (exact) mass is 447 g/mol. The highest BCUT2D eigenvalue weighted by atomic mass is 79.9. The Labute approximate surface area is 167 Å². The summed E-state index contributed by atoms with van der Waals surface area (Å²) in [5, 5.41) is 6.31. The number of hydrogen-bond acceptors (Lipinski definition) is 4. The van der Waals surface area contributed by atoms with Crippen molar-refractivity contribution in [2.75, 3.05) is 13.1 Å². The van der Waals surface area contributed by atoms with Crippen LogP contribution in [0.1, 0.15) is 23.2 Å². The zero-order valence-electron chi connectivity index (χ0n) is 13.4. The van der Waals surface area contributed by atoms with Gasteiger partial charge in [0.15, 0.2) is 0 Å². The van der Waals surface area contributed by atoms with E-state index in [1.165, 1.54) is 0 Å². The first-order valence-corrected chi connectivity index (χ1v) is 8.42. The number of benzene rings is 1. The lowest BCUT2D eigenvalue weighted by molar-refractivity contribution is 0.0947.